The third-order valence-corrected chi connectivity index (χ3v) is 5.30. The Morgan fingerprint density at radius 3 is 2.31 bits per heavy atom. The fourth-order valence-corrected chi connectivity index (χ4v) is 3.80. The number of piperidine rings is 1. The molecule has 2 aliphatic heterocycles. The molecule has 1 aromatic carbocycles. The highest BCUT2D eigenvalue weighted by atomic mass is 16.5. The summed E-state index contributed by atoms with van der Waals surface area (Å²) in [4.78, 5) is 27.3. The number of amides is 2. The van der Waals surface area contributed by atoms with Crippen LogP contribution in [0.4, 0.5) is 10.5 Å². The minimum absolute atomic E-state index is 0.0303. The number of esters is 1. The topological polar surface area (TPSA) is 90.9 Å². The second kappa shape index (κ2) is 8.86. The number of hydrogen-bond donors (Lipinski definition) is 3. The second-order valence-corrected chi connectivity index (χ2v) is 8.28. The van der Waals surface area contributed by atoms with E-state index in [9.17, 15) is 14.7 Å². The van der Waals surface area contributed by atoms with E-state index in [2.05, 4.69) is 15.5 Å². The highest BCUT2D eigenvalue weighted by molar-refractivity contribution is 5.95. The Bertz CT molecular complexity index is 778. The quantitative estimate of drug-likeness (QED) is 0.660. The number of ether oxygens (including phenoxy) is 1. The molecule has 7 heteroatoms. The normalized spacial score (nSPS) is 20.7. The lowest BCUT2D eigenvalue weighted by molar-refractivity contribution is -0.143. The van der Waals surface area contributed by atoms with Gasteiger partial charge in [-0.3, -0.25) is 0 Å². The number of hydrogen-bond acceptors (Lipinski definition) is 5. The third-order valence-electron chi connectivity index (χ3n) is 5.30. The van der Waals surface area contributed by atoms with Crippen molar-refractivity contribution in [1.29, 1.82) is 0 Å². The summed E-state index contributed by atoms with van der Waals surface area (Å²) in [5, 5.41) is 15.4. The molecular formula is C22H31N3O4. The van der Waals surface area contributed by atoms with Gasteiger partial charge in [0.1, 0.15) is 0 Å². The molecule has 0 saturated carbocycles. The van der Waals surface area contributed by atoms with Crippen molar-refractivity contribution in [2.24, 2.45) is 5.92 Å². The largest absolute Gasteiger partial charge is 0.459 e. The first kappa shape index (κ1) is 21.2. The average Bonchev–Trinajstić information content (AvgIpc) is 2.67. The van der Waals surface area contributed by atoms with E-state index in [4.69, 9.17) is 4.74 Å². The zero-order chi connectivity index (χ0) is 21.1. The van der Waals surface area contributed by atoms with Gasteiger partial charge < -0.3 is 25.4 Å². The Balaban J connectivity index is 1.90. The van der Waals surface area contributed by atoms with Gasteiger partial charge in [-0.15, -0.1) is 0 Å². The van der Waals surface area contributed by atoms with E-state index in [1.54, 1.807) is 0 Å². The zero-order valence-electron chi connectivity index (χ0n) is 17.6. The molecule has 0 radical (unpaired) electrons. The van der Waals surface area contributed by atoms with Crippen molar-refractivity contribution in [3.63, 3.8) is 0 Å². The third kappa shape index (κ3) is 4.90. The van der Waals surface area contributed by atoms with Crippen molar-refractivity contribution in [2.45, 2.75) is 58.8 Å². The van der Waals surface area contributed by atoms with Crippen molar-refractivity contribution in [3.8, 4) is 0 Å². The Hall–Kier alpha value is -2.54. The summed E-state index contributed by atoms with van der Waals surface area (Å²) in [5.74, 6) is -0.451. The number of nitrogens with zero attached hydrogens (tertiary/aromatic N) is 1. The van der Waals surface area contributed by atoms with Crippen LogP contribution in [0.2, 0.25) is 0 Å². The van der Waals surface area contributed by atoms with Gasteiger partial charge in [0.25, 0.3) is 0 Å². The minimum atomic E-state index is -0.565. The maximum atomic E-state index is 12.9. The predicted molar refractivity (Wildman–Crippen MR) is 111 cm³/mol. The molecule has 1 fully saturated rings. The van der Waals surface area contributed by atoms with Crippen LogP contribution in [0.3, 0.4) is 0 Å². The number of rotatable bonds is 5. The van der Waals surface area contributed by atoms with Crippen LogP contribution >= 0.6 is 0 Å². The number of urea groups is 1. The molecule has 0 aliphatic carbocycles. The lowest BCUT2D eigenvalue weighted by Gasteiger charge is -2.33. The van der Waals surface area contributed by atoms with Crippen LogP contribution in [0.25, 0.3) is 0 Å². The molecule has 158 valence electrons. The van der Waals surface area contributed by atoms with Crippen LogP contribution in [0, 0.1) is 5.92 Å². The Labute approximate surface area is 172 Å². The number of carbonyl (C=O) groups excluding carboxylic acids is 2. The first-order valence-electron chi connectivity index (χ1n) is 10.3. The molecule has 1 atom stereocenters. The van der Waals surface area contributed by atoms with Crippen molar-refractivity contribution in [2.75, 3.05) is 18.0 Å². The molecule has 2 amide bonds. The molecule has 7 nitrogen and oxygen atoms in total. The summed E-state index contributed by atoms with van der Waals surface area (Å²) in [5.41, 5.74) is 2.94. The summed E-state index contributed by atoms with van der Waals surface area (Å²) >= 11 is 0. The fourth-order valence-electron chi connectivity index (χ4n) is 3.80. The maximum Gasteiger partial charge on any atom is 0.338 e. The van der Waals surface area contributed by atoms with E-state index in [1.165, 1.54) is 0 Å². The van der Waals surface area contributed by atoms with Gasteiger partial charge in [0.15, 0.2) is 0 Å². The Morgan fingerprint density at radius 2 is 1.76 bits per heavy atom. The molecule has 3 N–H and O–H groups in total. The summed E-state index contributed by atoms with van der Waals surface area (Å²) in [7, 11) is 0. The van der Waals surface area contributed by atoms with E-state index < -0.39 is 12.0 Å². The number of aliphatic hydroxyl groups is 1. The van der Waals surface area contributed by atoms with Crippen LogP contribution < -0.4 is 15.5 Å². The van der Waals surface area contributed by atoms with Gasteiger partial charge in [-0.1, -0.05) is 26.0 Å². The number of aliphatic hydroxyl groups excluding tert-OH is 1. The number of anilines is 1. The van der Waals surface area contributed by atoms with Crippen LogP contribution in [0.1, 0.15) is 52.1 Å². The molecule has 29 heavy (non-hydrogen) atoms. The van der Waals surface area contributed by atoms with E-state index in [1.807, 2.05) is 52.0 Å². The lowest BCUT2D eigenvalue weighted by atomic mass is 9.91. The van der Waals surface area contributed by atoms with Gasteiger partial charge in [-0.05, 0) is 50.3 Å². The van der Waals surface area contributed by atoms with Crippen molar-refractivity contribution in [3.05, 3.63) is 41.1 Å². The number of allylic oxidation sites excluding steroid dienone is 1. The molecule has 1 unspecified atom stereocenters. The maximum absolute atomic E-state index is 12.9. The van der Waals surface area contributed by atoms with E-state index >= 15 is 0 Å². The van der Waals surface area contributed by atoms with Crippen LogP contribution in [0.15, 0.2) is 35.5 Å². The van der Waals surface area contributed by atoms with Gasteiger partial charge in [0, 0.05) is 24.5 Å². The van der Waals surface area contributed by atoms with Crippen molar-refractivity contribution < 1.29 is 19.4 Å². The molecule has 2 aliphatic rings. The molecular weight excluding hydrogens is 370 g/mol. The van der Waals surface area contributed by atoms with Crippen molar-refractivity contribution >= 4 is 17.7 Å². The molecule has 0 spiro atoms. The van der Waals surface area contributed by atoms with Crippen LogP contribution in [0.5, 0.6) is 0 Å². The van der Waals surface area contributed by atoms with Gasteiger partial charge in [-0.2, -0.15) is 0 Å². The standard InChI is InChI=1S/C22H31N3O4/c1-13(2)19-18(21(27)29-14(3)4)20(24-22(28)23-19)15-5-7-16(8-6-15)25-11-9-17(26)10-12-25/h5-8,13-14,17,20,26H,9-12H2,1-4H3,(H2,23,24,28). The Morgan fingerprint density at radius 1 is 1.14 bits per heavy atom. The summed E-state index contributed by atoms with van der Waals surface area (Å²) in [6.07, 6.45) is 1.05. The SMILES string of the molecule is CC(C)OC(=O)C1=C(C(C)C)NC(=O)NC1c1ccc(N2CCC(O)CC2)cc1. The minimum Gasteiger partial charge on any atom is -0.459 e. The summed E-state index contributed by atoms with van der Waals surface area (Å²) in [6.45, 7) is 9.12. The van der Waals surface area contributed by atoms with Crippen LogP contribution in [-0.2, 0) is 9.53 Å². The van der Waals surface area contributed by atoms with Gasteiger partial charge >= 0.3 is 12.0 Å². The monoisotopic (exact) mass is 401 g/mol. The highest BCUT2D eigenvalue weighted by Gasteiger charge is 2.35. The number of carbonyl (C=O) groups is 2. The van der Waals surface area contributed by atoms with E-state index in [0.29, 0.717) is 11.3 Å². The van der Waals surface area contributed by atoms with Gasteiger partial charge in [0.2, 0.25) is 0 Å². The zero-order valence-corrected chi connectivity index (χ0v) is 17.6. The fraction of sp³-hybridized carbons (Fsp3) is 0.545. The van der Waals surface area contributed by atoms with Gasteiger partial charge in [0.05, 0.1) is 23.8 Å². The molecule has 2 heterocycles. The molecule has 1 saturated heterocycles. The molecule has 1 aromatic rings. The number of nitrogens with one attached hydrogen (secondary N) is 2. The first-order valence-corrected chi connectivity index (χ1v) is 10.3. The first-order chi connectivity index (χ1) is 13.8. The molecule has 3 rings (SSSR count). The molecule has 0 bridgehead atoms. The summed E-state index contributed by atoms with van der Waals surface area (Å²) in [6, 6.07) is 7.00. The summed E-state index contributed by atoms with van der Waals surface area (Å²) < 4.78 is 5.47. The van der Waals surface area contributed by atoms with Gasteiger partial charge in [-0.25, -0.2) is 9.59 Å². The predicted octanol–water partition coefficient (Wildman–Crippen LogP) is 2.86. The number of benzene rings is 1. The van der Waals surface area contributed by atoms with E-state index in [0.717, 1.165) is 37.2 Å². The second-order valence-electron chi connectivity index (χ2n) is 8.28. The average molecular weight is 402 g/mol. The Kier molecular flexibility index (Phi) is 6.47. The highest BCUT2D eigenvalue weighted by Crippen LogP contribution is 2.32. The van der Waals surface area contributed by atoms with Crippen LogP contribution in [-0.4, -0.2) is 42.4 Å². The van der Waals surface area contributed by atoms with Crippen molar-refractivity contribution in [1.82, 2.24) is 10.6 Å². The lowest BCUT2D eigenvalue weighted by Crippen LogP contribution is -2.47. The van der Waals surface area contributed by atoms with E-state index in [-0.39, 0.29) is 24.2 Å². The molecule has 0 aromatic heterocycles. The smallest absolute Gasteiger partial charge is 0.338 e.